The number of hydrogen-bond acceptors (Lipinski definition) is 3. The molecule has 3 rings (SSSR count). The number of rotatable bonds is 3. The summed E-state index contributed by atoms with van der Waals surface area (Å²) in [4.78, 5) is 37.7. The molecule has 1 aliphatic heterocycles. The summed E-state index contributed by atoms with van der Waals surface area (Å²) in [5.74, 6) is -3.65. The van der Waals surface area contributed by atoms with Crippen LogP contribution < -0.4 is 5.32 Å². The second-order valence-corrected chi connectivity index (χ2v) is 5.32. The molecule has 2 aromatic rings. The van der Waals surface area contributed by atoms with E-state index < -0.39 is 35.4 Å². The largest absolute Gasteiger partial charge is 0.322 e. The van der Waals surface area contributed by atoms with Crippen molar-refractivity contribution in [2.75, 3.05) is 5.32 Å². The third-order valence-corrected chi connectivity index (χ3v) is 3.78. The van der Waals surface area contributed by atoms with E-state index in [2.05, 4.69) is 5.32 Å². The van der Waals surface area contributed by atoms with Crippen molar-refractivity contribution >= 4 is 23.4 Å². The van der Waals surface area contributed by atoms with Crippen molar-refractivity contribution in [2.45, 2.75) is 13.0 Å². The number of fused-ring (bicyclic) bond motifs is 1. The zero-order chi connectivity index (χ0) is 17.4. The van der Waals surface area contributed by atoms with Gasteiger partial charge in [0, 0.05) is 6.07 Å². The summed E-state index contributed by atoms with van der Waals surface area (Å²) in [6, 6.07) is 7.77. The fourth-order valence-corrected chi connectivity index (χ4v) is 2.50. The Balaban J connectivity index is 1.82. The first-order chi connectivity index (χ1) is 11.4. The molecule has 0 aromatic heterocycles. The molecular weight excluding hydrogens is 318 g/mol. The number of amides is 3. The maximum atomic E-state index is 13.6. The maximum Gasteiger partial charge on any atom is 0.262 e. The smallest absolute Gasteiger partial charge is 0.262 e. The molecule has 0 fully saturated rings. The average molecular weight is 330 g/mol. The molecule has 0 aliphatic carbocycles. The van der Waals surface area contributed by atoms with Crippen LogP contribution in [-0.2, 0) is 4.79 Å². The number of carbonyl (C=O) groups excluding carboxylic acids is 3. The summed E-state index contributed by atoms with van der Waals surface area (Å²) in [5.41, 5.74) is 0.204. The van der Waals surface area contributed by atoms with E-state index in [0.717, 1.165) is 17.0 Å². The van der Waals surface area contributed by atoms with Crippen molar-refractivity contribution in [1.82, 2.24) is 4.90 Å². The van der Waals surface area contributed by atoms with Crippen LogP contribution in [0.2, 0.25) is 0 Å². The molecule has 3 amide bonds. The van der Waals surface area contributed by atoms with Gasteiger partial charge in [0.15, 0.2) is 0 Å². The van der Waals surface area contributed by atoms with Crippen LogP contribution in [0.1, 0.15) is 27.6 Å². The Morgan fingerprint density at radius 1 is 1.04 bits per heavy atom. The predicted octanol–water partition coefficient (Wildman–Crippen LogP) is 2.59. The van der Waals surface area contributed by atoms with Crippen LogP contribution in [0.3, 0.4) is 0 Å². The predicted molar refractivity (Wildman–Crippen MR) is 81.4 cm³/mol. The molecule has 2 aromatic carbocycles. The number of carbonyl (C=O) groups is 3. The number of imide groups is 1. The lowest BCUT2D eigenvalue weighted by atomic mass is 10.1. The molecular formula is C17H12F2N2O3. The fraction of sp³-hybridized carbons (Fsp3) is 0.118. The van der Waals surface area contributed by atoms with E-state index in [1.807, 2.05) is 0 Å². The Labute approximate surface area is 135 Å². The van der Waals surface area contributed by atoms with Crippen LogP contribution >= 0.6 is 0 Å². The fourth-order valence-electron chi connectivity index (χ4n) is 2.50. The van der Waals surface area contributed by atoms with Gasteiger partial charge in [-0.2, -0.15) is 0 Å². The number of nitrogens with one attached hydrogen (secondary N) is 1. The Morgan fingerprint density at radius 3 is 2.17 bits per heavy atom. The molecule has 24 heavy (non-hydrogen) atoms. The second kappa shape index (κ2) is 5.84. The van der Waals surface area contributed by atoms with Crippen LogP contribution in [0.15, 0.2) is 42.5 Å². The normalized spacial score (nSPS) is 14.5. The minimum atomic E-state index is -1.15. The summed E-state index contributed by atoms with van der Waals surface area (Å²) < 4.78 is 26.5. The Morgan fingerprint density at radius 2 is 1.62 bits per heavy atom. The standard InChI is InChI=1S/C17H12F2N2O3/c1-9(15(22)20-14-7-6-10(18)8-13(14)19)21-16(23)11-4-2-3-5-12(11)17(21)24/h2-9H,1H3,(H,20,22)/t9-/m0/s1. The molecule has 7 heteroatoms. The van der Waals surface area contributed by atoms with Gasteiger partial charge in [-0.1, -0.05) is 12.1 Å². The van der Waals surface area contributed by atoms with E-state index in [1.54, 1.807) is 12.1 Å². The number of hydrogen-bond donors (Lipinski definition) is 1. The van der Waals surface area contributed by atoms with Gasteiger partial charge in [0.25, 0.3) is 11.8 Å². The van der Waals surface area contributed by atoms with Crippen molar-refractivity contribution in [1.29, 1.82) is 0 Å². The highest BCUT2D eigenvalue weighted by Gasteiger charge is 2.40. The first-order valence-electron chi connectivity index (χ1n) is 7.13. The zero-order valence-corrected chi connectivity index (χ0v) is 12.5. The Kier molecular flexibility index (Phi) is 3.84. The van der Waals surface area contributed by atoms with Gasteiger partial charge in [-0.3, -0.25) is 19.3 Å². The minimum Gasteiger partial charge on any atom is -0.322 e. The van der Waals surface area contributed by atoms with Crippen LogP contribution in [0.5, 0.6) is 0 Å². The number of halogens is 2. The summed E-state index contributed by atoms with van der Waals surface area (Å²) in [7, 11) is 0. The highest BCUT2D eigenvalue weighted by atomic mass is 19.1. The van der Waals surface area contributed by atoms with Crippen molar-refractivity contribution < 1.29 is 23.2 Å². The van der Waals surface area contributed by atoms with E-state index in [-0.39, 0.29) is 16.8 Å². The first-order valence-corrected chi connectivity index (χ1v) is 7.13. The topological polar surface area (TPSA) is 66.5 Å². The van der Waals surface area contributed by atoms with Gasteiger partial charge < -0.3 is 5.32 Å². The monoisotopic (exact) mass is 330 g/mol. The molecule has 1 atom stereocenters. The van der Waals surface area contributed by atoms with Gasteiger partial charge >= 0.3 is 0 Å². The SMILES string of the molecule is C[C@@H](C(=O)Nc1ccc(F)cc1F)N1C(=O)c2ccccc2C1=O. The summed E-state index contributed by atoms with van der Waals surface area (Å²) in [5, 5.41) is 2.26. The second-order valence-electron chi connectivity index (χ2n) is 5.32. The molecule has 1 aliphatic rings. The van der Waals surface area contributed by atoms with Gasteiger partial charge in [-0.25, -0.2) is 8.78 Å². The van der Waals surface area contributed by atoms with Crippen LogP contribution in [0.25, 0.3) is 0 Å². The molecule has 0 bridgehead atoms. The molecule has 1 N–H and O–H groups in total. The van der Waals surface area contributed by atoms with Crippen molar-refractivity contribution in [3.05, 3.63) is 65.2 Å². The van der Waals surface area contributed by atoms with Gasteiger partial charge in [0.05, 0.1) is 16.8 Å². The summed E-state index contributed by atoms with van der Waals surface area (Å²) in [6.07, 6.45) is 0. The highest BCUT2D eigenvalue weighted by molar-refractivity contribution is 6.23. The van der Waals surface area contributed by atoms with E-state index in [1.165, 1.54) is 19.1 Å². The Bertz CT molecular complexity index is 832. The molecule has 1 heterocycles. The van der Waals surface area contributed by atoms with Gasteiger partial charge in [0.2, 0.25) is 5.91 Å². The molecule has 0 saturated heterocycles. The quantitative estimate of drug-likeness (QED) is 0.880. The Hall–Kier alpha value is -3.09. The maximum absolute atomic E-state index is 13.6. The first kappa shape index (κ1) is 15.8. The van der Waals surface area contributed by atoms with Crippen LogP contribution in [0.4, 0.5) is 14.5 Å². The lowest BCUT2D eigenvalue weighted by Crippen LogP contribution is -2.45. The van der Waals surface area contributed by atoms with Crippen LogP contribution in [-0.4, -0.2) is 28.7 Å². The van der Waals surface area contributed by atoms with E-state index in [4.69, 9.17) is 0 Å². The minimum absolute atomic E-state index is 0.218. The summed E-state index contributed by atoms with van der Waals surface area (Å²) >= 11 is 0. The van der Waals surface area contributed by atoms with E-state index in [9.17, 15) is 23.2 Å². The molecule has 5 nitrogen and oxygen atoms in total. The van der Waals surface area contributed by atoms with E-state index in [0.29, 0.717) is 6.07 Å². The molecule has 122 valence electrons. The summed E-state index contributed by atoms with van der Waals surface area (Å²) in [6.45, 7) is 1.36. The highest BCUT2D eigenvalue weighted by Crippen LogP contribution is 2.25. The van der Waals surface area contributed by atoms with E-state index >= 15 is 0 Å². The number of benzene rings is 2. The number of nitrogens with zero attached hydrogens (tertiary/aromatic N) is 1. The molecule has 0 radical (unpaired) electrons. The van der Waals surface area contributed by atoms with Gasteiger partial charge in [-0.05, 0) is 31.2 Å². The van der Waals surface area contributed by atoms with Crippen LogP contribution in [0, 0.1) is 11.6 Å². The zero-order valence-electron chi connectivity index (χ0n) is 12.5. The average Bonchev–Trinajstić information content (AvgIpc) is 2.81. The van der Waals surface area contributed by atoms with Crippen molar-refractivity contribution in [2.24, 2.45) is 0 Å². The lowest BCUT2D eigenvalue weighted by molar-refractivity contribution is -0.119. The van der Waals surface area contributed by atoms with Crippen molar-refractivity contribution in [3.8, 4) is 0 Å². The van der Waals surface area contributed by atoms with Gasteiger partial charge in [0.1, 0.15) is 17.7 Å². The molecule has 0 saturated carbocycles. The third kappa shape index (κ3) is 2.54. The molecule has 0 spiro atoms. The third-order valence-electron chi connectivity index (χ3n) is 3.78. The molecule has 0 unspecified atom stereocenters. The number of anilines is 1. The van der Waals surface area contributed by atoms with Gasteiger partial charge in [-0.15, -0.1) is 0 Å². The lowest BCUT2D eigenvalue weighted by Gasteiger charge is -2.21. The van der Waals surface area contributed by atoms with Crippen molar-refractivity contribution in [3.63, 3.8) is 0 Å².